The molecule has 0 amide bonds. The van der Waals surface area contributed by atoms with E-state index in [1.54, 1.807) is 0 Å². The summed E-state index contributed by atoms with van der Waals surface area (Å²) >= 11 is 5.17. The molecular formula is C10H6ClF3O3. The van der Waals surface area contributed by atoms with Gasteiger partial charge in [0.1, 0.15) is 0 Å². The van der Waals surface area contributed by atoms with Crippen molar-refractivity contribution in [3.8, 4) is 0 Å². The van der Waals surface area contributed by atoms with Crippen molar-refractivity contribution in [2.75, 3.05) is 6.61 Å². The van der Waals surface area contributed by atoms with Gasteiger partial charge >= 0.3 is 12.1 Å². The SMILES string of the molecule is O=C(Cl)c1ccccc1C(=O)OCC(F)(F)F. The Morgan fingerprint density at radius 1 is 1.18 bits per heavy atom. The molecule has 1 rings (SSSR count). The van der Waals surface area contributed by atoms with Crippen LogP contribution in [0.4, 0.5) is 13.2 Å². The number of hydrogen-bond donors (Lipinski definition) is 0. The van der Waals surface area contributed by atoms with Crippen LogP contribution in [0.5, 0.6) is 0 Å². The molecular weight excluding hydrogens is 261 g/mol. The van der Waals surface area contributed by atoms with Gasteiger partial charge in [-0.25, -0.2) is 4.79 Å². The summed E-state index contributed by atoms with van der Waals surface area (Å²) in [5, 5.41) is -0.940. The summed E-state index contributed by atoms with van der Waals surface area (Å²) in [5.74, 6) is -1.24. The van der Waals surface area contributed by atoms with Crippen LogP contribution < -0.4 is 0 Å². The normalized spacial score (nSPS) is 11.1. The third-order valence-electron chi connectivity index (χ3n) is 1.73. The molecule has 0 saturated heterocycles. The molecule has 7 heteroatoms. The summed E-state index contributed by atoms with van der Waals surface area (Å²) in [4.78, 5) is 22.2. The maximum atomic E-state index is 11.8. The number of esters is 1. The summed E-state index contributed by atoms with van der Waals surface area (Å²) in [6.07, 6.45) is -4.62. The Morgan fingerprint density at radius 3 is 2.18 bits per heavy atom. The van der Waals surface area contributed by atoms with Crippen LogP contribution in [0.25, 0.3) is 0 Å². The van der Waals surface area contributed by atoms with Gasteiger partial charge in [0.2, 0.25) is 0 Å². The maximum Gasteiger partial charge on any atom is 0.422 e. The molecule has 0 aliphatic carbocycles. The van der Waals surface area contributed by atoms with E-state index in [0.29, 0.717) is 0 Å². The Hall–Kier alpha value is -1.56. The number of carbonyl (C=O) groups is 2. The van der Waals surface area contributed by atoms with Gasteiger partial charge in [0.15, 0.2) is 6.61 Å². The molecule has 0 bridgehead atoms. The molecule has 0 spiro atoms. The van der Waals surface area contributed by atoms with Gasteiger partial charge < -0.3 is 4.74 Å². The van der Waals surface area contributed by atoms with Gasteiger partial charge in [-0.1, -0.05) is 12.1 Å². The van der Waals surface area contributed by atoms with Gasteiger partial charge in [-0.3, -0.25) is 4.79 Å². The number of carbonyl (C=O) groups excluding carboxylic acids is 2. The second kappa shape index (κ2) is 5.18. The zero-order valence-corrected chi connectivity index (χ0v) is 9.01. The van der Waals surface area contributed by atoms with Crippen molar-refractivity contribution in [3.05, 3.63) is 35.4 Å². The Bertz CT molecular complexity index is 443. The molecule has 0 atom stereocenters. The first kappa shape index (κ1) is 13.5. The number of hydrogen-bond acceptors (Lipinski definition) is 3. The highest BCUT2D eigenvalue weighted by Crippen LogP contribution is 2.17. The number of ether oxygens (including phenoxy) is 1. The van der Waals surface area contributed by atoms with E-state index < -0.39 is 24.0 Å². The van der Waals surface area contributed by atoms with E-state index in [9.17, 15) is 22.8 Å². The summed E-state index contributed by atoms with van der Waals surface area (Å²) in [6.45, 7) is -1.71. The number of rotatable bonds is 3. The van der Waals surface area contributed by atoms with E-state index in [1.807, 2.05) is 0 Å². The van der Waals surface area contributed by atoms with Gasteiger partial charge in [0.25, 0.3) is 5.24 Å². The Kier molecular flexibility index (Phi) is 4.11. The number of alkyl halides is 3. The van der Waals surface area contributed by atoms with Crippen molar-refractivity contribution in [2.24, 2.45) is 0 Å². The van der Waals surface area contributed by atoms with Crippen LogP contribution in [0.3, 0.4) is 0 Å². The minimum Gasteiger partial charge on any atom is -0.452 e. The molecule has 92 valence electrons. The van der Waals surface area contributed by atoms with Gasteiger partial charge in [0, 0.05) is 5.56 Å². The molecule has 0 radical (unpaired) electrons. The topological polar surface area (TPSA) is 43.4 Å². The maximum absolute atomic E-state index is 11.8. The van der Waals surface area contributed by atoms with Gasteiger partial charge in [-0.05, 0) is 23.7 Å². The predicted octanol–water partition coefficient (Wildman–Crippen LogP) is 2.78. The fourth-order valence-corrected chi connectivity index (χ4v) is 1.22. The Morgan fingerprint density at radius 2 is 1.71 bits per heavy atom. The second-order valence-electron chi connectivity index (χ2n) is 3.01. The lowest BCUT2D eigenvalue weighted by Gasteiger charge is -2.09. The molecule has 17 heavy (non-hydrogen) atoms. The summed E-state index contributed by atoms with van der Waals surface area (Å²) in [6, 6.07) is 5.19. The third kappa shape index (κ3) is 4.07. The molecule has 1 aromatic carbocycles. The van der Waals surface area contributed by atoms with E-state index in [4.69, 9.17) is 11.6 Å². The lowest BCUT2D eigenvalue weighted by Crippen LogP contribution is -2.21. The average Bonchev–Trinajstić information content (AvgIpc) is 2.25. The smallest absolute Gasteiger partial charge is 0.422 e. The monoisotopic (exact) mass is 266 g/mol. The molecule has 0 saturated carbocycles. The molecule has 0 aliphatic rings. The number of benzene rings is 1. The zero-order chi connectivity index (χ0) is 13.1. The van der Waals surface area contributed by atoms with Gasteiger partial charge in [-0.15, -0.1) is 0 Å². The molecule has 0 aliphatic heterocycles. The largest absolute Gasteiger partial charge is 0.452 e. The zero-order valence-electron chi connectivity index (χ0n) is 8.25. The van der Waals surface area contributed by atoms with E-state index in [1.165, 1.54) is 18.2 Å². The van der Waals surface area contributed by atoms with Crippen LogP contribution in [0.1, 0.15) is 20.7 Å². The third-order valence-corrected chi connectivity index (χ3v) is 1.93. The fourth-order valence-electron chi connectivity index (χ4n) is 1.06. The van der Waals surface area contributed by atoms with E-state index in [2.05, 4.69) is 4.74 Å². The molecule has 0 heterocycles. The van der Waals surface area contributed by atoms with Crippen LogP contribution in [0, 0.1) is 0 Å². The minimum atomic E-state index is -4.62. The van der Waals surface area contributed by atoms with E-state index in [0.717, 1.165) is 6.07 Å². The Balaban J connectivity index is 2.86. The molecule has 1 aromatic rings. The molecule has 0 fully saturated rings. The van der Waals surface area contributed by atoms with Crippen molar-refractivity contribution >= 4 is 22.8 Å². The van der Waals surface area contributed by atoms with Gasteiger partial charge in [-0.2, -0.15) is 13.2 Å². The van der Waals surface area contributed by atoms with E-state index >= 15 is 0 Å². The van der Waals surface area contributed by atoms with Crippen LogP contribution in [-0.4, -0.2) is 24.0 Å². The first-order valence-corrected chi connectivity index (χ1v) is 4.72. The predicted molar refractivity (Wildman–Crippen MR) is 53.0 cm³/mol. The molecule has 0 aromatic heterocycles. The summed E-state index contributed by atoms with van der Waals surface area (Å²) in [7, 11) is 0. The lowest BCUT2D eigenvalue weighted by molar-refractivity contribution is -0.161. The standard InChI is InChI=1S/C10H6ClF3O3/c11-8(15)6-3-1-2-4-7(6)9(16)17-5-10(12,13)14/h1-4H,5H2. The second-order valence-corrected chi connectivity index (χ2v) is 3.35. The first-order chi connectivity index (χ1) is 7.81. The van der Waals surface area contributed by atoms with Crippen molar-refractivity contribution in [3.63, 3.8) is 0 Å². The van der Waals surface area contributed by atoms with Crippen molar-refractivity contribution in [1.82, 2.24) is 0 Å². The molecule has 3 nitrogen and oxygen atoms in total. The highest BCUT2D eigenvalue weighted by atomic mass is 35.5. The van der Waals surface area contributed by atoms with Gasteiger partial charge in [0.05, 0.1) is 5.56 Å². The minimum absolute atomic E-state index is 0.193. The lowest BCUT2D eigenvalue weighted by atomic mass is 10.1. The summed E-state index contributed by atoms with van der Waals surface area (Å²) in [5.41, 5.74) is -0.488. The fraction of sp³-hybridized carbons (Fsp3) is 0.200. The van der Waals surface area contributed by atoms with Crippen LogP contribution >= 0.6 is 11.6 Å². The molecule has 0 unspecified atom stereocenters. The first-order valence-electron chi connectivity index (χ1n) is 4.34. The van der Waals surface area contributed by atoms with E-state index in [-0.39, 0.29) is 11.1 Å². The Labute approximate surface area is 99.1 Å². The summed E-state index contributed by atoms with van der Waals surface area (Å²) < 4.78 is 39.5. The van der Waals surface area contributed by atoms with Crippen molar-refractivity contribution in [2.45, 2.75) is 6.18 Å². The van der Waals surface area contributed by atoms with Crippen molar-refractivity contribution < 1.29 is 27.5 Å². The van der Waals surface area contributed by atoms with Crippen LogP contribution in [0.2, 0.25) is 0 Å². The highest BCUT2D eigenvalue weighted by molar-refractivity contribution is 6.68. The quantitative estimate of drug-likeness (QED) is 0.624. The number of halogens is 4. The van der Waals surface area contributed by atoms with Crippen LogP contribution in [-0.2, 0) is 4.74 Å². The van der Waals surface area contributed by atoms with Crippen molar-refractivity contribution in [1.29, 1.82) is 0 Å². The highest BCUT2D eigenvalue weighted by Gasteiger charge is 2.30. The average molecular weight is 267 g/mol. The molecule has 0 N–H and O–H groups in total. The van der Waals surface area contributed by atoms with Crippen LogP contribution in [0.15, 0.2) is 24.3 Å².